The average Bonchev–Trinajstić information content (AvgIpc) is 2.31. The Hall–Kier alpha value is -0.740. The van der Waals surface area contributed by atoms with Gasteiger partial charge in [0.1, 0.15) is 0 Å². The van der Waals surface area contributed by atoms with Gasteiger partial charge >= 0.3 is 0 Å². The molecule has 1 unspecified atom stereocenters. The Balaban J connectivity index is 2.18. The lowest BCUT2D eigenvalue weighted by molar-refractivity contribution is 0.248. The molecule has 2 N–H and O–H groups in total. The van der Waals surface area contributed by atoms with Crippen molar-refractivity contribution in [2.75, 3.05) is 37.8 Å². The summed E-state index contributed by atoms with van der Waals surface area (Å²) in [4.78, 5) is 4.70. The SMILES string of the molecule is CN1CCCC(N(C)c2cc(Br)ccc2N)C1. The summed E-state index contributed by atoms with van der Waals surface area (Å²) in [5.41, 5.74) is 8.03. The van der Waals surface area contributed by atoms with Crippen molar-refractivity contribution in [3.05, 3.63) is 22.7 Å². The van der Waals surface area contributed by atoms with Crippen LogP contribution in [0.1, 0.15) is 12.8 Å². The zero-order chi connectivity index (χ0) is 12.4. The molecule has 0 amide bonds. The standard InChI is InChI=1S/C13H20BrN3/c1-16-7-3-4-11(9-16)17(2)13-8-10(14)5-6-12(13)15/h5-6,8,11H,3-4,7,9,15H2,1-2H3. The van der Waals surface area contributed by atoms with Crippen molar-refractivity contribution in [2.24, 2.45) is 0 Å². The minimum atomic E-state index is 0.561. The van der Waals surface area contributed by atoms with Crippen molar-refractivity contribution in [1.82, 2.24) is 4.90 Å². The number of benzene rings is 1. The molecule has 1 fully saturated rings. The first-order chi connectivity index (χ1) is 8.08. The summed E-state index contributed by atoms with van der Waals surface area (Å²) in [5, 5.41) is 0. The summed E-state index contributed by atoms with van der Waals surface area (Å²) in [6.07, 6.45) is 2.51. The van der Waals surface area contributed by atoms with Crippen molar-refractivity contribution >= 4 is 27.3 Å². The quantitative estimate of drug-likeness (QED) is 0.852. The van der Waals surface area contributed by atoms with Gasteiger partial charge < -0.3 is 15.5 Å². The van der Waals surface area contributed by atoms with Crippen LogP contribution in [-0.4, -0.2) is 38.1 Å². The van der Waals surface area contributed by atoms with E-state index >= 15 is 0 Å². The summed E-state index contributed by atoms with van der Waals surface area (Å²) in [6, 6.07) is 6.61. The number of anilines is 2. The number of likely N-dealkylation sites (tertiary alicyclic amines) is 1. The average molecular weight is 298 g/mol. The molecule has 3 nitrogen and oxygen atoms in total. The van der Waals surface area contributed by atoms with Crippen molar-refractivity contribution in [3.63, 3.8) is 0 Å². The van der Waals surface area contributed by atoms with Crippen LogP contribution in [-0.2, 0) is 0 Å². The van der Waals surface area contributed by atoms with Crippen LogP contribution in [0.4, 0.5) is 11.4 Å². The predicted molar refractivity (Wildman–Crippen MR) is 77.5 cm³/mol. The van der Waals surface area contributed by atoms with Crippen LogP contribution in [0, 0.1) is 0 Å². The van der Waals surface area contributed by atoms with Crippen LogP contribution in [0.25, 0.3) is 0 Å². The molecule has 1 aliphatic heterocycles. The van der Waals surface area contributed by atoms with Crippen molar-refractivity contribution in [2.45, 2.75) is 18.9 Å². The van der Waals surface area contributed by atoms with Crippen LogP contribution < -0.4 is 10.6 Å². The molecule has 94 valence electrons. The molecule has 0 saturated carbocycles. The van der Waals surface area contributed by atoms with E-state index in [9.17, 15) is 0 Å². The van der Waals surface area contributed by atoms with Crippen LogP contribution in [0.5, 0.6) is 0 Å². The zero-order valence-corrected chi connectivity index (χ0v) is 12.1. The smallest absolute Gasteiger partial charge is 0.0611 e. The summed E-state index contributed by atoms with van der Waals surface area (Å²) in [5.74, 6) is 0. The van der Waals surface area contributed by atoms with Crippen molar-refractivity contribution in [3.8, 4) is 0 Å². The minimum absolute atomic E-state index is 0.561. The molecule has 0 radical (unpaired) electrons. The molecule has 1 aliphatic rings. The van der Waals surface area contributed by atoms with Crippen LogP contribution in [0.2, 0.25) is 0 Å². The first-order valence-corrected chi connectivity index (χ1v) is 6.83. The lowest BCUT2D eigenvalue weighted by atomic mass is 10.0. The highest BCUT2D eigenvalue weighted by Crippen LogP contribution is 2.29. The van der Waals surface area contributed by atoms with E-state index in [4.69, 9.17) is 5.73 Å². The number of nitrogens with zero attached hydrogens (tertiary/aromatic N) is 2. The predicted octanol–water partition coefficient (Wildman–Crippen LogP) is 2.56. The van der Waals surface area contributed by atoms with E-state index < -0.39 is 0 Å². The van der Waals surface area contributed by atoms with E-state index in [2.05, 4.69) is 45.9 Å². The molecule has 2 rings (SSSR count). The number of piperidine rings is 1. The first-order valence-electron chi connectivity index (χ1n) is 6.04. The topological polar surface area (TPSA) is 32.5 Å². The summed E-state index contributed by atoms with van der Waals surface area (Å²) in [6.45, 7) is 2.32. The molecule has 0 spiro atoms. The molecule has 4 heteroatoms. The summed E-state index contributed by atoms with van der Waals surface area (Å²) >= 11 is 3.51. The Labute approximate surface area is 112 Å². The number of likely N-dealkylation sites (N-methyl/N-ethyl adjacent to an activating group) is 2. The lowest BCUT2D eigenvalue weighted by Gasteiger charge is -2.37. The number of nitrogen functional groups attached to an aromatic ring is 1. The van der Waals surface area contributed by atoms with Crippen molar-refractivity contribution in [1.29, 1.82) is 0 Å². The van der Waals surface area contributed by atoms with E-state index in [1.165, 1.54) is 19.4 Å². The monoisotopic (exact) mass is 297 g/mol. The molecule has 1 aromatic rings. The highest BCUT2D eigenvalue weighted by Gasteiger charge is 2.22. The van der Waals surface area contributed by atoms with Crippen LogP contribution >= 0.6 is 15.9 Å². The summed E-state index contributed by atoms with van der Waals surface area (Å²) in [7, 11) is 4.33. The van der Waals surface area contributed by atoms with Gasteiger partial charge in [-0.15, -0.1) is 0 Å². The zero-order valence-electron chi connectivity index (χ0n) is 10.5. The Morgan fingerprint density at radius 3 is 2.94 bits per heavy atom. The Kier molecular flexibility index (Phi) is 3.94. The van der Waals surface area contributed by atoms with Gasteiger partial charge in [0.25, 0.3) is 0 Å². The second kappa shape index (κ2) is 5.27. The fourth-order valence-electron chi connectivity index (χ4n) is 2.47. The molecule has 1 heterocycles. The number of hydrogen-bond donors (Lipinski definition) is 1. The Morgan fingerprint density at radius 2 is 2.24 bits per heavy atom. The Morgan fingerprint density at radius 1 is 1.47 bits per heavy atom. The van der Waals surface area contributed by atoms with Gasteiger partial charge in [-0.1, -0.05) is 15.9 Å². The van der Waals surface area contributed by atoms with Crippen LogP contribution in [0.3, 0.4) is 0 Å². The fraction of sp³-hybridized carbons (Fsp3) is 0.538. The van der Waals surface area contributed by atoms with E-state index in [0.717, 1.165) is 22.4 Å². The van der Waals surface area contributed by atoms with Gasteiger partial charge in [0.15, 0.2) is 0 Å². The molecular weight excluding hydrogens is 278 g/mol. The molecule has 1 aromatic carbocycles. The van der Waals surface area contributed by atoms with Gasteiger partial charge in [0.05, 0.1) is 11.4 Å². The van der Waals surface area contributed by atoms with Gasteiger partial charge in [-0.25, -0.2) is 0 Å². The highest BCUT2D eigenvalue weighted by molar-refractivity contribution is 9.10. The van der Waals surface area contributed by atoms with E-state index in [-0.39, 0.29) is 0 Å². The van der Waals surface area contributed by atoms with E-state index in [1.807, 2.05) is 12.1 Å². The third-order valence-electron chi connectivity index (χ3n) is 3.52. The normalized spacial score (nSPS) is 21.5. The first kappa shape index (κ1) is 12.7. The molecule has 1 saturated heterocycles. The fourth-order valence-corrected chi connectivity index (χ4v) is 2.82. The molecule has 0 bridgehead atoms. The second-order valence-corrected chi connectivity index (χ2v) is 5.79. The largest absolute Gasteiger partial charge is 0.397 e. The minimum Gasteiger partial charge on any atom is -0.397 e. The van der Waals surface area contributed by atoms with Gasteiger partial charge in [-0.05, 0) is 44.6 Å². The van der Waals surface area contributed by atoms with Gasteiger partial charge in [0, 0.05) is 24.1 Å². The third kappa shape index (κ3) is 2.93. The van der Waals surface area contributed by atoms with Gasteiger partial charge in [-0.2, -0.15) is 0 Å². The second-order valence-electron chi connectivity index (χ2n) is 4.87. The molecular formula is C13H20BrN3. The third-order valence-corrected chi connectivity index (χ3v) is 4.01. The Bertz CT molecular complexity index is 394. The van der Waals surface area contributed by atoms with Crippen LogP contribution in [0.15, 0.2) is 22.7 Å². The van der Waals surface area contributed by atoms with Gasteiger partial charge in [0.2, 0.25) is 0 Å². The van der Waals surface area contributed by atoms with Gasteiger partial charge in [-0.3, -0.25) is 0 Å². The number of nitrogens with two attached hydrogens (primary N) is 1. The molecule has 17 heavy (non-hydrogen) atoms. The highest BCUT2D eigenvalue weighted by atomic mass is 79.9. The summed E-state index contributed by atoms with van der Waals surface area (Å²) < 4.78 is 1.08. The van der Waals surface area contributed by atoms with Crippen molar-refractivity contribution < 1.29 is 0 Å². The van der Waals surface area contributed by atoms with E-state index in [1.54, 1.807) is 0 Å². The maximum atomic E-state index is 6.06. The maximum absolute atomic E-state index is 6.06. The van der Waals surface area contributed by atoms with E-state index in [0.29, 0.717) is 6.04 Å². The lowest BCUT2D eigenvalue weighted by Crippen LogP contribution is -2.45. The number of hydrogen-bond acceptors (Lipinski definition) is 3. The molecule has 0 aliphatic carbocycles. The maximum Gasteiger partial charge on any atom is 0.0611 e. The molecule has 1 atom stereocenters. The molecule has 0 aromatic heterocycles. The number of rotatable bonds is 2. The number of halogens is 1.